The van der Waals surface area contributed by atoms with Crippen LogP contribution in [0.2, 0.25) is 0 Å². The van der Waals surface area contributed by atoms with Crippen LogP contribution in [-0.2, 0) is 0 Å². The first-order chi connectivity index (χ1) is 4.49. The maximum Gasteiger partial charge on any atom is 0.389 e. The van der Waals surface area contributed by atoms with Crippen molar-refractivity contribution in [2.45, 2.75) is 25.9 Å². The third-order valence-electron chi connectivity index (χ3n) is 1.43. The van der Waals surface area contributed by atoms with Gasteiger partial charge in [0.2, 0.25) is 0 Å². The van der Waals surface area contributed by atoms with Crippen molar-refractivity contribution in [2.24, 2.45) is 11.7 Å². The van der Waals surface area contributed by atoms with E-state index in [1.807, 2.05) is 0 Å². The van der Waals surface area contributed by atoms with Crippen molar-refractivity contribution in [3.63, 3.8) is 0 Å². The van der Waals surface area contributed by atoms with E-state index in [4.69, 9.17) is 5.73 Å². The molecule has 0 spiro atoms. The molecule has 0 aliphatic heterocycles. The van der Waals surface area contributed by atoms with Gasteiger partial charge in [0.15, 0.2) is 0 Å². The predicted octanol–water partition coefficient (Wildman–Crippen LogP) is 2.35. The fourth-order valence-corrected chi connectivity index (χ4v) is 0.722. The maximum atomic E-state index is 11.6. The van der Waals surface area contributed by atoms with Crippen molar-refractivity contribution in [2.75, 3.05) is 6.54 Å². The minimum Gasteiger partial charge on any atom is -0.330 e. The predicted molar refractivity (Wildman–Crippen MR) is 40.8 cm³/mol. The summed E-state index contributed by atoms with van der Waals surface area (Å²) in [7, 11) is 0. The fraction of sp³-hybridized carbons (Fsp3) is 1.00. The van der Waals surface area contributed by atoms with Crippen LogP contribution >= 0.6 is 12.4 Å². The van der Waals surface area contributed by atoms with Crippen molar-refractivity contribution in [1.29, 1.82) is 0 Å². The Kier molecular flexibility index (Phi) is 7.01. The van der Waals surface area contributed by atoms with Crippen LogP contribution in [0.3, 0.4) is 0 Å². The molecule has 2 N–H and O–H groups in total. The Labute approximate surface area is 70.6 Å². The Hall–Kier alpha value is 0.0400. The molecule has 0 saturated heterocycles. The van der Waals surface area contributed by atoms with Gasteiger partial charge in [-0.1, -0.05) is 13.3 Å². The summed E-state index contributed by atoms with van der Waals surface area (Å²) < 4.78 is 34.9. The van der Waals surface area contributed by atoms with E-state index in [9.17, 15) is 13.2 Å². The second-order valence-corrected chi connectivity index (χ2v) is 2.33. The monoisotopic (exact) mass is 191 g/mol. The molecule has 0 amide bonds. The molecule has 0 aromatic heterocycles. The quantitative estimate of drug-likeness (QED) is 0.728. The number of hydrogen-bond acceptors (Lipinski definition) is 1. The number of alkyl halides is 3. The third kappa shape index (κ3) is 7.94. The Balaban J connectivity index is 0. The standard InChI is InChI=1S/C6H12F3N.ClH/c1-2-5(4-10)3-6(7,8)9;/h5H,2-4,10H2,1H3;1H. The largest absolute Gasteiger partial charge is 0.389 e. The highest BCUT2D eigenvalue weighted by Crippen LogP contribution is 2.25. The highest BCUT2D eigenvalue weighted by atomic mass is 35.5. The van der Waals surface area contributed by atoms with Gasteiger partial charge in [-0.3, -0.25) is 0 Å². The van der Waals surface area contributed by atoms with Gasteiger partial charge < -0.3 is 5.73 Å². The van der Waals surface area contributed by atoms with E-state index >= 15 is 0 Å². The molecule has 1 unspecified atom stereocenters. The Bertz CT molecular complexity index is 90.3. The van der Waals surface area contributed by atoms with Crippen LogP contribution in [0.5, 0.6) is 0 Å². The van der Waals surface area contributed by atoms with E-state index in [1.165, 1.54) is 0 Å². The van der Waals surface area contributed by atoms with Gasteiger partial charge in [-0.15, -0.1) is 12.4 Å². The Morgan fingerprint density at radius 2 is 1.82 bits per heavy atom. The van der Waals surface area contributed by atoms with E-state index in [0.29, 0.717) is 6.42 Å². The van der Waals surface area contributed by atoms with E-state index < -0.39 is 18.5 Å². The highest BCUT2D eigenvalue weighted by Gasteiger charge is 2.30. The molecule has 0 aromatic rings. The molecular formula is C6H13ClF3N. The molecule has 1 nitrogen and oxygen atoms in total. The van der Waals surface area contributed by atoms with Gasteiger partial charge in [0.1, 0.15) is 0 Å². The van der Waals surface area contributed by atoms with Crippen LogP contribution in [0.1, 0.15) is 19.8 Å². The molecule has 0 aliphatic carbocycles. The van der Waals surface area contributed by atoms with Crippen molar-refractivity contribution in [3.05, 3.63) is 0 Å². The summed E-state index contributed by atoms with van der Waals surface area (Å²) in [6.45, 7) is 1.83. The van der Waals surface area contributed by atoms with Gasteiger partial charge in [0, 0.05) is 6.42 Å². The Morgan fingerprint density at radius 1 is 1.36 bits per heavy atom. The topological polar surface area (TPSA) is 26.0 Å². The van der Waals surface area contributed by atoms with E-state index in [-0.39, 0.29) is 19.0 Å². The van der Waals surface area contributed by atoms with Gasteiger partial charge in [-0.25, -0.2) is 0 Å². The number of hydrogen-bond donors (Lipinski definition) is 1. The lowest BCUT2D eigenvalue weighted by Crippen LogP contribution is -2.21. The normalized spacial score (nSPS) is 13.9. The smallest absolute Gasteiger partial charge is 0.330 e. The van der Waals surface area contributed by atoms with Gasteiger partial charge >= 0.3 is 6.18 Å². The molecule has 1 atom stereocenters. The zero-order chi connectivity index (χ0) is 8.20. The first-order valence-corrected chi connectivity index (χ1v) is 3.26. The van der Waals surface area contributed by atoms with Crippen molar-refractivity contribution in [3.8, 4) is 0 Å². The minimum atomic E-state index is -4.06. The summed E-state index contributed by atoms with van der Waals surface area (Å²) in [5.41, 5.74) is 5.09. The van der Waals surface area contributed by atoms with Gasteiger partial charge in [-0.2, -0.15) is 13.2 Å². The van der Waals surface area contributed by atoms with Crippen molar-refractivity contribution < 1.29 is 13.2 Å². The molecule has 11 heavy (non-hydrogen) atoms. The second kappa shape index (κ2) is 5.66. The van der Waals surface area contributed by atoms with Crippen LogP contribution in [0.15, 0.2) is 0 Å². The third-order valence-corrected chi connectivity index (χ3v) is 1.43. The average Bonchev–Trinajstić information content (AvgIpc) is 1.81. The van der Waals surface area contributed by atoms with Crippen LogP contribution in [-0.4, -0.2) is 12.7 Å². The lowest BCUT2D eigenvalue weighted by molar-refractivity contribution is -0.143. The average molecular weight is 192 g/mol. The van der Waals surface area contributed by atoms with Crippen LogP contribution in [0.25, 0.3) is 0 Å². The molecule has 0 bridgehead atoms. The highest BCUT2D eigenvalue weighted by molar-refractivity contribution is 5.85. The Morgan fingerprint density at radius 3 is 1.91 bits per heavy atom. The molecule has 0 aliphatic rings. The zero-order valence-corrected chi connectivity index (χ0v) is 7.13. The first-order valence-electron chi connectivity index (χ1n) is 3.26. The molecule has 0 heterocycles. The fourth-order valence-electron chi connectivity index (χ4n) is 0.722. The maximum absolute atomic E-state index is 11.6. The lowest BCUT2D eigenvalue weighted by atomic mass is 10.0. The molecule has 0 aromatic carbocycles. The molecule has 70 valence electrons. The van der Waals surface area contributed by atoms with Crippen LogP contribution in [0, 0.1) is 5.92 Å². The van der Waals surface area contributed by atoms with Gasteiger partial charge in [-0.05, 0) is 12.5 Å². The molecule has 5 heteroatoms. The van der Waals surface area contributed by atoms with Gasteiger partial charge in [0.25, 0.3) is 0 Å². The molecule has 0 saturated carbocycles. The SMILES string of the molecule is CCC(CN)CC(F)(F)F.Cl. The summed E-state index contributed by atoms with van der Waals surface area (Å²) in [5.74, 6) is -0.403. The zero-order valence-electron chi connectivity index (χ0n) is 6.32. The molecule has 0 rings (SSSR count). The summed E-state index contributed by atoms with van der Waals surface area (Å²) in [5, 5.41) is 0. The van der Waals surface area contributed by atoms with E-state index in [2.05, 4.69) is 0 Å². The summed E-state index contributed by atoms with van der Waals surface area (Å²) in [6, 6.07) is 0. The summed E-state index contributed by atoms with van der Waals surface area (Å²) in [4.78, 5) is 0. The number of nitrogens with two attached hydrogens (primary N) is 1. The van der Waals surface area contributed by atoms with Gasteiger partial charge in [0.05, 0.1) is 0 Å². The minimum absolute atomic E-state index is 0. The van der Waals surface area contributed by atoms with E-state index in [1.54, 1.807) is 6.92 Å². The van der Waals surface area contributed by atoms with Crippen LogP contribution in [0.4, 0.5) is 13.2 Å². The molecule has 0 fully saturated rings. The summed E-state index contributed by atoms with van der Waals surface area (Å²) in [6.07, 6.45) is -4.31. The van der Waals surface area contributed by atoms with Crippen molar-refractivity contribution >= 4 is 12.4 Å². The van der Waals surface area contributed by atoms with Crippen molar-refractivity contribution in [1.82, 2.24) is 0 Å². The number of rotatable bonds is 3. The molecule has 0 radical (unpaired) electrons. The first kappa shape index (κ1) is 13.6. The summed E-state index contributed by atoms with van der Waals surface area (Å²) >= 11 is 0. The second-order valence-electron chi connectivity index (χ2n) is 2.33. The van der Waals surface area contributed by atoms with Crippen LogP contribution < -0.4 is 5.73 Å². The number of halogens is 4. The van der Waals surface area contributed by atoms with E-state index in [0.717, 1.165) is 0 Å². The molecular weight excluding hydrogens is 179 g/mol. The lowest BCUT2D eigenvalue weighted by Gasteiger charge is -2.13.